The lowest BCUT2D eigenvalue weighted by Crippen LogP contribution is -2.27. The van der Waals surface area contributed by atoms with Gasteiger partial charge < -0.3 is 4.90 Å². The van der Waals surface area contributed by atoms with Crippen molar-refractivity contribution in [2.75, 3.05) is 13.6 Å². The van der Waals surface area contributed by atoms with E-state index in [1.54, 1.807) is 7.05 Å². The van der Waals surface area contributed by atoms with Gasteiger partial charge in [-0.05, 0) is 12.1 Å². The summed E-state index contributed by atoms with van der Waals surface area (Å²) in [4.78, 5) is 16.5. The molecule has 0 radical (unpaired) electrons. The maximum absolute atomic E-state index is 12.5. The zero-order chi connectivity index (χ0) is 10.6. The van der Waals surface area contributed by atoms with E-state index < -0.39 is 5.82 Å². The number of nitrogens with zero attached hydrogens (tertiary/aromatic N) is 2. The molecule has 4 heteroatoms. The van der Waals surface area contributed by atoms with Crippen molar-refractivity contribution in [3.05, 3.63) is 29.8 Å². The van der Waals surface area contributed by atoms with Crippen LogP contribution in [0.1, 0.15) is 10.5 Å². The third kappa shape index (κ3) is 2.30. The van der Waals surface area contributed by atoms with Gasteiger partial charge in [0.25, 0.3) is 5.91 Å². The highest BCUT2D eigenvalue weighted by molar-refractivity contribution is 5.92. The average Bonchev–Trinajstić information content (AvgIpc) is 2.18. The first-order valence-electron chi connectivity index (χ1n) is 3.95. The molecule has 0 saturated heterocycles. The van der Waals surface area contributed by atoms with E-state index in [2.05, 4.69) is 10.9 Å². The van der Waals surface area contributed by atoms with Crippen LogP contribution in [0.2, 0.25) is 0 Å². The zero-order valence-electron chi connectivity index (χ0n) is 7.70. The molecular formula is C10H9FN2O. The van der Waals surface area contributed by atoms with Crippen LogP contribution >= 0.6 is 0 Å². The van der Waals surface area contributed by atoms with Crippen molar-refractivity contribution in [3.8, 4) is 12.3 Å². The number of hydrogen-bond donors (Lipinski definition) is 0. The minimum Gasteiger partial charge on any atom is -0.329 e. The Balaban J connectivity index is 2.80. The van der Waals surface area contributed by atoms with Crippen molar-refractivity contribution >= 4 is 5.91 Å². The van der Waals surface area contributed by atoms with E-state index in [-0.39, 0.29) is 18.1 Å². The first-order chi connectivity index (χ1) is 6.65. The first kappa shape index (κ1) is 10.2. The van der Waals surface area contributed by atoms with Crippen LogP contribution in [0.4, 0.5) is 4.39 Å². The summed E-state index contributed by atoms with van der Waals surface area (Å²) in [6.45, 7) is 0.206. The molecule has 0 fully saturated rings. The van der Waals surface area contributed by atoms with Crippen LogP contribution in [-0.2, 0) is 0 Å². The van der Waals surface area contributed by atoms with Gasteiger partial charge in [0.2, 0.25) is 0 Å². The van der Waals surface area contributed by atoms with E-state index in [4.69, 9.17) is 6.42 Å². The molecule has 0 spiro atoms. The Hall–Kier alpha value is -1.89. The molecule has 3 nitrogen and oxygen atoms in total. The molecule has 0 unspecified atom stereocenters. The fourth-order valence-electron chi connectivity index (χ4n) is 0.907. The average molecular weight is 192 g/mol. The molecule has 0 aromatic carbocycles. The second-order valence-electron chi connectivity index (χ2n) is 2.73. The number of rotatable bonds is 2. The van der Waals surface area contributed by atoms with Gasteiger partial charge in [0.1, 0.15) is 11.5 Å². The summed E-state index contributed by atoms with van der Waals surface area (Å²) in [6, 6.07) is 2.51. The maximum Gasteiger partial charge on any atom is 0.272 e. The van der Waals surface area contributed by atoms with Crippen molar-refractivity contribution in [2.24, 2.45) is 0 Å². The highest BCUT2D eigenvalue weighted by Crippen LogP contribution is 2.01. The van der Waals surface area contributed by atoms with Gasteiger partial charge in [-0.15, -0.1) is 6.42 Å². The molecule has 1 amide bonds. The molecule has 14 heavy (non-hydrogen) atoms. The van der Waals surface area contributed by atoms with Crippen LogP contribution in [0.5, 0.6) is 0 Å². The normalized spacial score (nSPS) is 9.21. The molecule has 0 N–H and O–H groups in total. The molecule has 1 aromatic rings. The Morgan fingerprint density at radius 3 is 2.93 bits per heavy atom. The Kier molecular flexibility index (Phi) is 3.19. The van der Waals surface area contributed by atoms with E-state index in [9.17, 15) is 9.18 Å². The predicted octanol–water partition coefficient (Wildman–Crippen LogP) is 0.926. The molecular weight excluding hydrogens is 183 g/mol. The second kappa shape index (κ2) is 4.38. The van der Waals surface area contributed by atoms with Crippen LogP contribution in [0.25, 0.3) is 0 Å². The highest BCUT2D eigenvalue weighted by atomic mass is 19.1. The zero-order valence-corrected chi connectivity index (χ0v) is 7.70. The summed E-state index contributed by atoms with van der Waals surface area (Å²) in [6.07, 6.45) is 6.04. The number of carbonyl (C=O) groups excluding carboxylic acids is 1. The number of halogens is 1. The van der Waals surface area contributed by atoms with Gasteiger partial charge in [0.15, 0.2) is 0 Å². The molecule has 1 heterocycles. The van der Waals surface area contributed by atoms with Crippen molar-refractivity contribution in [1.29, 1.82) is 0 Å². The van der Waals surface area contributed by atoms with Crippen LogP contribution in [0.3, 0.4) is 0 Å². The number of aromatic nitrogens is 1. The number of carbonyl (C=O) groups is 1. The Morgan fingerprint density at radius 1 is 1.71 bits per heavy atom. The number of amides is 1. The topological polar surface area (TPSA) is 33.2 Å². The predicted molar refractivity (Wildman–Crippen MR) is 50.0 cm³/mol. The molecule has 1 aromatic heterocycles. The van der Waals surface area contributed by atoms with Crippen molar-refractivity contribution in [3.63, 3.8) is 0 Å². The highest BCUT2D eigenvalue weighted by Gasteiger charge is 2.11. The van der Waals surface area contributed by atoms with Gasteiger partial charge >= 0.3 is 0 Å². The monoisotopic (exact) mass is 192 g/mol. The summed E-state index contributed by atoms with van der Waals surface area (Å²) in [5.41, 5.74) is 0.184. The van der Waals surface area contributed by atoms with Gasteiger partial charge in [0.05, 0.1) is 12.7 Å². The summed E-state index contributed by atoms with van der Waals surface area (Å²) in [5, 5.41) is 0. The molecule has 0 bridgehead atoms. The van der Waals surface area contributed by atoms with Crippen LogP contribution in [0, 0.1) is 18.2 Å². The Morgan fingerprint density at radius 2 is 2.43 bits per heavy atom. The lowest BCUT2D eigenvalue weighted by Gasteiger charge is -2.12. The largest absolute Gasteiger partial charge is 0.329 e. The summed E-state index contributed by atoms with van der Waals surface area (Å²) >= 11 is 0. The second-order valence-corrected chi connectivity index (χ2v) is 2.73. The quantitative estimate of drug-likeness (QED) is 0.653. The summed E-state index contributed by atoms with van der Waals surface area (Å²) in [5.74, 6) is 1.54. The van der Waals surface area contributed by atoms with Crippen LogP contribution in [0.15, 0.2) is 18.3 Å². The number of hydrogen-bond acceptors (Lipinski definition) is 2. The smallest absolute Gasteiger partial charge is 0.272 e. The minimum atomic E-state index is -0.471. The SMILES string of the molecule is C#CCN(C)C(=O)c1ccc(F)cn1. The molecule has 0 atom stereocenters. The lowest BCUT2D eigenvalue weighted by molar-refractivity contribution is 0.0807. The summed E-state index contributed by atoms with van der Waals surface area (Å²) in [7, 11) is 1.56. The molecule has 0 aliphatic heterocycles. The van der Waals surface area contributed by atoms with Crippen molar-refractivity contribution in [2.45, 2.75) is 0 Å². The van der Waals surface area contributed by atoms with Crippen LogP contribution < -0.4 is 0 Å². The summed E-state index contributed by atoms with van der Waals surface area (Å²) < 4.78 is 12.5. The number of terminal acetylenes is 1. The van der Waals surface area contributed by atoms with Gasteiger partial charge in [-0.3, -0.25) is 4.79 Å². The third-order valence-corrected chi connectivity index (χ3v) is 1.62. The lowest BCUT2D eigenvalue weighted by atomic mass is 10.3. The molecule has 1 rings (SSSR count). The maximum atomic E-state index is 12.5. The molecule has 0 saturated carbocycles. The van der Waals surface area contributed by atoms with Crippen molar-refractivity contribution < 1.29 is 9.18 Å². The fourth-order valence-corrected chi connectivity index (χ4v) is 0.907. The molecule has 0 aliphatic rings. The number of pyridine rings is 1. The van der Waals surface area contributed by atoms with Gasteiger partial charge in [-0.1, -0.05) is 5.92 Å². The standard InChI is InChI=1S/C10H9FN2O/c1-3-6-13(2)10(14)9-5-4-8(11)7-12-9/h1,4-5,7H,6H2,2H3. The van der Waals surface area contributed by atoms with Gasteiger partial charge in [-0.2, -0.15) is 0 Å². The minimum absolute atomic E-state index is 0.184. The Bertz CT molecular complexity index is 367. The van der Waals surface area contributed by atoms with E-state index in [0.717, 1.165) is 6.20 Å². The fraction of sp³-hybridized carbons (Fsp3) is 0.200. The van der Waals surface area contributed by atoms with E-state index in [1.807, 2.05) is 0 Å². The van der Waals surface area contributed by atoms with Gasteiger partial charge in [0, 0.05) is 7.05 Å². The first-order valence-corrected chi connectivity index (χ1v) is 3.95. The van der Waals surface area contributed by atoms with E-state index in [1.165, 1.54) is 17.0 Å². The van der Waals surface area contributed by atoms with Gasteiger partial charge in [-0.25, -0.2) is 9.37 Å². The van der Waals surface area contributed by atoms with E-state index in [0.29, 0.717) is 0 Å². The molecule has 72 valence electrons. The Labute approximate surface area is 81.6 Å². The molecule has 0 aliphatic carbocycles. The van der Waals surface area contributed by atoms with Crippen molar-refractivity contribution in [1.82, 2.24) is 9.88 Å². The van der Waals surface area contributed by atoms with E-state index >= 15 is 0 Å². The third-order valence-electron chi connectivity index (χ3n) is 1.62. The van der Waals surface area contributed by atoms with Crippen LogP contribution in [-0.4, -0.2) is 29.4 Å².